The van der Waals surface area contributed by atoms with Gasteiger partial charge in [0, 0.05) is 11.1 Å². The van der Waals surface area contributed by atoms with E-state index in [1.165, 1.54) is 6.07 Å². The number of hydrogen-bond acceptors (Lipinski definition) is 3. The number of amides is 1. The van der Waals surface area contributed by atoms with Crippen LogP contribution >= 0.6 is 0 Å². The second-order valence-electron chi connectivity index (χ2n) is 4.86. The monoisotopic (exact) mass is 295 g/mol. The van der Waals surface area contributed by atoms with E-state index in [4.69, 9.17) is 5.11 Å². The summed E-state index contributed by atoms with van der Waals surface area (Å²) in [4.78, 5) is 23.5. The number of aromatic nitrogens is 2. The molecule has 1 amide bonds. The minimum absolute atomic E-state index is 0.157. The number of anilines is 1. The minimum Gasteiger partial charge on any atom is -0.478 e. The predicted molar refractivity (Wildman–Crippen MR) is 82.2 cm³/mol. The molecular formula is C16H13N3O3. The maximum Gasteiger partial charge on any atom is 0.336 e. The highest BCUT2D eigenvalue weighted by molar-refractivity contribution is 6.11. The molecule has 2 aromatic carbocycles. The largest absolute Gasteiger partial charge is 0.478 e. The lowest BCUT2D eigenvalue weighted by Crippen LogP contribution is -2.14. The van der Waals surface area contributed by atoms with Gasteiger partial charge in [-0.05, 0) is 30.7 Å². The molecule has 0 atom stereocenters. The third-order valence-electron chi connectivity index (χ3n) is 3.50. The molecular weight excluding hydrogens is 282 g/mol. The van der Waals surface area contributed by atoms with Crippen molar-refractivity contribution in [2.24, 2.45) is 0 Å². The molecule has 6 heteroatoms. The number of hydrogen-bond donors (Lipinski definition) is 3. The smallest absolute Gasteiger partial charge is 0.336 e. The number of rotatable bonds is 3. The molecule has 1 heterocycles. The molecule has 0 saturated carbocycles. The summed E-state index contributed by atoms with van der Waals surface area (Å²) in [5.41, 5.74) is 2.16. The zero-order valence-electron chi connectivity index (χ0n) is 11.8. The number of benzene rings is 2. The van der Waals surface area contributed by atoms with E-state index in [2.05, 4.69) is 15.5 Å². The van der Waals surface area contributed by atoms with Crippen LogP contribution in [-0.4, -0.2) is 27.2 Å². The van der Waals surface area contributed by atoms with Gasteiger partial charge in [-0.1, -0.05) is 24.3 Å². The molecule has 0 radical (unpaired) electrons. The second kappa shape index (κ2) is 5.33. The molecule has 0 aliphatic carbocycles. The lowest BCUT2D eigenvalue weighted by Gasteiger charge is -2.09. The Labute approximate surface area is 125 Å². The van der Waals surface area contributed by atoms with Gasteiger partial charge >= 0.3 is 5.97 Å². The van der Waals surface area contributed by atoms with Crippen LogP contribution in [0, 0.1) is 6.92 Å². The van der Waals surface area contributed by atoms with Crippen molar-refractivity contribution in [2.45, 2.75) is 6.92 Å². The van der Waals surface area contributed by atoms with Crippen LogP contribution in [-0.2, 0) is 0 Å². The van der Waals surface area contributed by atoms with E-state index in [0.29, 0.717) is 16.6 Å². The fraction of sp³-hybridized carbons (Fsp3) is 0.0625. The van der Waals surface area contributed by atoms with Crippen LogP contribution in [0.15, 0.2) is 42.5 Å². The van der Waals surface area contributed by atoms with Crippen LogP contribution in [0.2, 0.25) is 0 Å². The number of carboxylic acids is 1. The molecule has 22 heavy (non-hydrogen) atoms. The van der Waals surface area contributed by atoms with Crippen LogP contribution in [0.4, 0.5) is 5.69 Å². The molecule has 1 aromatic heterocycles. The van der Waals surface area contributed by atoms with Crippen molar-refractivity contribution in [1.82, 2.24) is 10.2 Å². The van der Waals surface area contributed by atoms with Crippen LogP contribution in [0.5, 0.6) is 0 Å². The van der Waals surface area contributed by atoms with Gasteiger partial charge in [0.2, 0.25) is 0 Å². The topological polar surface area (TPSA) is 95.1 Å². The van der Waals surface area contributed by atoms with Crippen molar-refractivity contribution in [1.29, 1.82) is 0 Å². The number of carbonyl (C=O) groups is 2. The minimum atomic E-state index is -1.03. The maximum absolute atomic E-state index is 12.4. The third-order valence-corrected chi connectivity index (χ3v) is 3.50. The van der Waals surface area contributed by atoms with Gasteiger partial charge in [0.1, 0.15) is 0 Å². The average molecular weight is 295 g/mol. The van der Waals surface area contributed by atoms with Crippen molar-refractivity contribution in [3.8, 4) is 0 Å². The van der Waals surface area contributed by atoms with Crippen molar-refractivity contribution in [3.05, 3.63) is 59.3 Å². The molecule has 0 saturated heterocycles. The van der Waals surface area contributed by atoms with Gasteiger partial charge in [-0.15, -0.1) is 0 Å². The van der Waals surface area contributed by atoms with Gasteiger partial charge in [0.25, 0.3) is 5.91 Å². The summed E-state index contributed by atoms with van der Waals surface area (Å²) in [5, 5.41) is 19.4. The van der Waals surface area contributed by atoms with Gasteiger partial charge in [0.15, 0.2) is 5.69 Å². The number of carboxylic acid groups (broad SMARTS) is 1. The first kappa shape index (κ1) is 13.8. The van der Waals surface area contributed by atoms with E-state index < -0.39 is 5.97 Å². The number of fused-ring (bicyclic) bond motifs is 1. The summed E-state index contributed by atoms with van der Waals surface area (Å²) in [6.07, 6.45) is 0. The van der Waals surface area contributed by atoms with Gasteiger partial charge < -0.3 is 10.4 Å². The number of nitrogens with zero attached hydrogens (tertiary/aromatic N) is 1. The van der Waals surface area contributed by atoms with E-state index in [1.54, 1.807) is 25.1 Å². The van der Waals surface area contributed by atoms with E-state index >= 15 is 0 Å². The summed E-state index contributed by atoms with van der Waals surface area (Å²) in [6, 6.07) is 12.1. The summed E-state index contributed by atoms with van der Waals surface area (Å²) < 4.78 is 0. The Morgan fingerprint density at radius 2 is 1.91 bits per heavy atom. The molecule has 3 aromatic rings. The Kier molecular flexibility index (Phi) is 3.34. The van der Waals surface area contributed by atoms with E-state index in [1.807, 2.05) is 18.2 Å². The van der Waals surface area contributed by atoms with Gasteiger partial charge in [-0.2, -0.15) is 5.10 Å². The Hall–Kier alpha value is -3.15. The predicted octanol–water partition coefficient (Wildman–Crippen LogP) is 2.82. The highest BCUT2D eigenvalue weighted by Crippen LogP contribution is 2.21. The zero-order valence-corrected chi connectivity index (χ0v) is 11.8. The molecule has 0 unspecified atom stereocenters. The number of para-hydroxylation sites is 1. The molecule has 0 spiro atoms. The summed E-state index contributed by atoms with van der Waals surface area (Å²) in [6.45, 7) is 1.65. The van der Waals surface area contributed by atoms with Crippen molar-refractivity contribution >= 4 is 28.5 Å². The lowest BCUT2D eigenvalue weighted by molar-refractivity contribution is 0.0695. The second-order valence-corrected chi connectivity index (χ2v) is 4.86. The first-order chi connectivity index (χ1) is 10.6. The fourth-order valence-electron chi connectivity index (χ4n) is 2.32. The van der Waals surface area contributed by atoms with Gasteiger partial charge in [0.05, 0.1) is 11.1 Å². The zero-order chi connectivity index (χ0) is 15.7. The Balaban J connectivity index is 1.95. The quantitative estimate of drug-likeness (QED) is 0.692. The SMILES string of the molecule is Cc1c(NC(=O)c2n[nH]c3ccccc23)cccc1C(=O)O. The average Bonchev–Trinajstić information content (AvgIpc) is 2.93. The van der Waals surface area contributed by atoms with E-state index in [0.717, 1.165) is 5.52 Å². The Bertz CT molecular complexity index is 883. The molecule has 6 nitrogen and oxygen atoms in total. The van der Waals surface area contributed by atoms with E-state index in [9.17, 15) is 9.59 Å². The standard InChI is InChI=1S/C16H13N3O3/c1-9-10(16(21)22)6-4-8-12(9)17-15(20)14-11-5-2-3-7-13(11)18-19-14/h2-8H,1H3,(H,17,20)(H,18,19)(H,21,22). The number of nitrogens with one attached hydrogen (secondary N) is 2. The molecule has 0 aliphatic heterocycles. The summed E-state index contributed by atoms with van der Waals surface area (Å²) in [7, 11) is 0. The van der Waals surface area contributed by atoms with Crippen LogP contribution in [0.1, 0.15) is 26.4 Å². The molecule has 0 fully saturated rings. The van der Waals surface area contributed by atoms with Crippen molar-refractivity contribution < 1.29 is 14.7 Å². The van der Waals surface area contributed by atoms with Crippen LogP contribution in [0.25, 0.3) is 10.9 Å². The number of aromatic carboxylic acids is 1. The Morgan fingerprint density at radius 3 is 2.68 bits per heavy atom. The molecule has 3 N–H and O–H groups in total. The lowest BCUT2D eigenvalue weighted by atomic mass is 10.1. The number of carbonyl (C=O) groups excluding carboxylic acids is 1. The summed E-state index contributed by atoms with van der Waals surface area (Å²) in [5.74, 6) is -1.41. The number of aromatic amines is 1. The van der Waals surface area contributed by atoms with Crippen LogP contribution in [0.3, 0.4) is 0 Å². The molecule has 3 rings (SSSR count). The molecule has 110 valence electrons. The summed E-state index contributed by atoms with van der Waals surface area (Å²) >= 11 is 0. The van der Waals surface area contributed by atoms with E-state index in [-0.39, 0.29) is 17.2 Å². The van der Waals surface area contributed by atoms with Crippen LogP contribution < -0.4 is 5.32 Å². The molecule has 0 bridgehead atoms. The van der Waals surface area contributed by atoms with Gasteiger partial charge in [-0.25, -0.2) is 4.79 Å². The van der Waals surface area contributed by atoms with Gasteiger partial charge in [-0.3, -0.25) is 9.89 Å². The Morgan fingerprint density at radius 1 is 1.14 bits per heavy atom. The highest BCUT2D eigenvalue weighted by atomic mass is 16.4. The third kappa shape index (κ3) is 2.31. The first-order valence-electron chi connectivity index (χ1n) is 6.65. The normalized spacial score (nSPS) is 10.6. The van der Waals surface area contributed by atoms with Crippen molar-refractivity contribution in [2.75, 3.05) is 5.32 Å². The fourth-order valence-corrected chi connectivity index (χ4v) is 2.32. The first-order valence-corrected chi connectivity index (χ1v) is 6.65. The highest BCUT2D eigenvalue weighted by Gasteiger charge is 2.16. The number of H-pyrrole nitrogens is 1. The van der Waals surface area contributed by atoms with Crippen molar-refractivity contribution in [3.63, 3.8) is 0 Å². The maximum atomic E-state index is 12.4. The molecule has 0 aliphatic rings.